The quantitative estimate of drug-likeness (QED) is 0.787. The highest BCUT2D eigenvalue weighted by atomic mass is 19.3. The van der Waals surface area contributed by atoms with Gasteiger partial charge in [-0.2, -0.15) is 5.26 Å². The van der Waals surface area contributed by atoms with Gasteiger partial charge < -0.3 is 4.74 Å². The van der Waals surface area contributed by atoms with Gasteiger partial charge in [0, 0.05) is 12.2 Å². The lowest BCUT2D eigenvalue weighted by molar-refractivity contribution is -0.0102. The predicted octanol–water partition coefficient (Wildman–Crippen LogP) is 3.62. The Morgan fingerprint density at radius 2 is 2.00 bits per heavy atom. The number of nitriles is 1. The van der Waals surface area contributed by atoms with Crippen molar-refractivity contribution < 1.29 is 13.5 Å². The molecule has 90 valence electrons. The molecule has 0 saturated carbocycles. The summed E-state index contributed by atoms with van der Waals surface area (Å²) in [4.78, 5) is 0. The van der Waals surface area contributed by atoms with Gasteiger partial charge in [0.1, 0.15) is 0 Å². The van der Waals surface area contributed by atoms with Crippen molar-refractivity contribution in [2.75, 3.05) is 6.61 Å². The van der Waals surface area contributed by atoms with Crippen molar-refractivity contribution in [3.63, 3.8) is 0 Å². The molecule has 2 rings (SSSR count). The van der Waals surface area contributed by atoms with E-state index in [1.165, 1.54) is 12.1 Å². The Hall–Kier alpha value is -1.47. The first kappa shape index (κ1) is 12.0. The van der Waals surface area contributed by atoms with Crippen LogP contribution in [-0.4, -0.2) is 6.61 Å². The number of rotatable bonds is 2. The minimum Gasteiger partial charge on any atom is -0.372 e. The van der Waals surface area contributed by atoms with Gasteiger partial charge in [-0.3, -0.25) is 0 Å². The first-order valence-corrected chi connectivity index (χ1v) is 5.61. The van der Waals surface area contributed by atoms with Crippen LogP contribution >= 0.6 is 0 Å². The van der Waals surface area contributed by atoms with Crippen LogP contribution < -0.4 is 0 Å². The average Bonchev–Trinajstić information content (AvgIpc) is 2.39. The largest absolute Gasteiger partial charge is 0.372 e. The summed E-state index contributed by atoms with van der Waals surface area (Å²) >= 11 is 0. The molecule has 2 nitrogen and oxygen atoms in total. The van der Waals surface area contributed by atoms with E-state index >= 15 is 0 Å². The van der Waals surface area contributed by atoms with Crippen molar-refractivity contribution in [3.05, 3.63) is 35.4 Å². The number of hydrogen-bond acceptors (Lipinski definition) is 2. The molecule has 0 amide bonds. The molecule has 1 aliphatic heterocycles. The number of alkyl halides is 2. The van der Waals surface area contributed by atoms with Crippen LogP contribution in [0.3, 0.4) is 0 Å². The fourth-order valence-corrected chi connectivity index (χ4v) is 2.07. The minimum atomic E-state index is -2.46. The van der Waals surface area contributed by atoms with Gasteiger partial charge in [0.2, 0.25) is 0 Å². The molecule has 0 aliphatic carbocycles. The zero-order valence-electron chi connectivity index (χ0n) is 9.27. The molecule has 0 aromatic heterocycles. The molecule has 17 heavy (non-hydrogen) atoms. The summed E-state index contributed by atoms with van der Waals surface area (Å²) in [7, 11) is 0. The van der Waals surface area contributed by atoms with E-state index in [1.54, 1.807) is 12.1 Å². The van der Waals surface area contributed by atoms with Gasteiger partial charge in [0.25, 0.3) is 6.43 Å². The molecule has 0 bridgehead atoms. The smallest absolute Gasteiger partial charge is 0.263 e. The Morgan fingerprint density at radius 1 is 1.29 bits per heavy atom. The third kappa shape index (κ3) is 2.62. The van der Waals surface area contributed by atoms with Crippen molar-refractivity contribution in [3.8, 4) is 6.07 Å². The van der Waals surface area contributed by atoms with Crippen molar-refractivity contribution >= 4 is 0 Å². The van der Waals surface area contributed by atoms with E-state index in [0.29, 0.717) is 6.61 Å². The van der Waals surface area contributed by atoms with E-state index < -0.39 is 6.43 Å². The SMILES string of the molecule is N#CC1CCCOC1c1ccc(C(F)F)cc1. The molecule has 1 fully saturated rings. The molecule has 4 heteroatoms. The lowest BCUT2D eigenvalue weighted by Crippen LogP contribution is -2.21. The van der Waals surface area contributed by atoms with Crippen molar-refractivity contribution in [2.24, 2.45) is 5.92 Å². The van der Waals surface area contributed by atoms with Crippen LogP contribution in [0.4, 0.5) is 8.78 Å². The maximum absolute atomic E-state index is 12.4. The van der Waals surface area contributed by atoms with E-state index in [9.17, 15) is 8.78 Å². The van der Waals surface area contributed by atoms with E-state index in [0.717, 1.165) is 18.4 Å². The second-order valence-electron chi connectivity index (χ2n) is 4.14. The van der Waals surface area contributed by atoms with Gasteiger partial charge in [-0.25, -0.2) is 8.78 Å². The topological polar surface area (TPSA) is 33.0 Å². The van der Waals surface area contributed by atoms with Crippen LogP contribution in [0.1, 0.15) is 36.5 Å². The second kappa shape index (κ2) is 5.24. The molecule has 1 saturated heterocycles. The maximum Gasteiger partial charge on any atom is 0.263 e. The molecule has 0 N–H and O–H groups in total. The molecule has 2 unspecified atom stereocenters. The molecular formula is C13H13F2NO. The normalized spacial score (nSPS) is 24.6. The van der Waals surface area contributed by atoms with Gasteiger partial charge in [-0.1, -0.05) is 24.3 Å². The Bertz CT molecular complexity index is 410. The lowest BCUT2D eigenvalue weighted by Gasteiger charge is -2.27. The molecule has 2 atom stereocenters. The number of benzene rings is 1. The molecule has 1 aliphatic rings. The van der Waals surface area contributed by atoms with Crippen LogP contribution in [0, 0.1) is 17.2 Å². The zero-order valence-corrected chi connectivity index (χ0v) is 9.27. The Labute approximate surface area is 98.8 Å². The molecule has 1 aromatic rings. The minimum absolute atomic E-state index is 0.00179. The standard InChI is InChI=1S/C13H13F2NO/c14-13(15)10-5-3-9(4-6-10)12-11(8-16)2-1-7-17-12/h3-6,11-13H,1-2,7H2. The van der Waals surface area contributed by atoms with Crippen LogP contribution in [0.5, 0.6) is 0 Å². The van der Waals surface area contributed by atoms with Gasteiger partial charge in [0.15, 0.2) is 0 Å². The number of hydrogen-bond donors (Lipinski definition) is 0. The van der Waals surface area contributed by atoms with E-state index in [1.807, 2.05) is 0 Å². The van der Waals surface area contributed by atoms with Crippen molar-refractivity contribution in [1.82, 2.24) is 0 Å². The highest BCUT2D eigenvalue weighted by molar-refractivity contribution is 5.26. The second-order valence-corrected chi connectivity index (χ2v) is 4.14. The Kier molecular flexibility index (Phi) is 3.70. The lowest BCUT2D eigenvalue weighted by atomic mass is 9.90. The van der Waals surface area contributed by atoms with E-state index in [2.05, 4.69) is 6.07 Å². The van der Waals surface area contributed by atoms with Crippen LogP contribution in [-0.2, 0) is 4.74 Å². The summed E-state index contributed by atoms with van der Waals surface area (Å²) in [6.07, 6.45) is -1.05. The summed E-state index contributed by atoms with van der Waals surface area (Å²) in [5.74, 6) is -0.179. The molecule has 0 radical (unpaired) electrons. The van der Waals surface area contributed by atoms with Gasteiger partial charge >= 0.3 is 0 Å². The Balaban J connectivity index is 2.18. The number of halogens is 2. The number of ether oxygens (including phenoxy) is 1. The Morgan fingerprint density at radius 3 is 2.59 bits per heavy atom. The van der Waals surface area contributed by atoms with Crippen molar-refractivity contribution in [2.45, 2.75) is 25.4 Å². The van der Waals surface area contributed by atoms with E-state index in [4.69, 9.17) is 10.00 Å². The highest BCUT2D eigenvalue weighted by Crippen LogP contribution is 2.33. The van der Waals surface area contributed by atoms with Gasteiger partial charge in [-0.15, -0.1) is 0 Å². The van der Waals surface area contributed by atoms with Crippen molar-refractivity contribution in [1.29, 1.82) is 5.26 Å². The third-order valence-corrected chi connectivity index (χ3v) is 3.01. The predicted molar refractivity (Wildman–Crippen MR) is 58.4 cm³/mol. The van der Waals surface area contributed by atoms with Crippen LogP contribution in [0.15, 0.2) is 24.3 Å². The highest BCUT2D eigenvalue weighted by Gasteiger charge is 2.27. The first-order valence-electron chi connectivity index (χ1n) is 5.61. The average molecular weight is 237 g/mol. The molecule has 0 spiro atoms. The van der Waals surface area contributed by atoms with Gasteiger partial charge in [0.05, 0.1) is 18.1 Å². The summed E-state index contributed by atoms with van der Waals surface area (Å²) in [6, 6.07) is 8.26. The molecule has 1 heterocycles. The summed E-state index contributed by atoms with van der Waals surface area (Å²) in [6.45, 7) is 0.624. The van der Waals surface area contributed by atoms with Crippen LogP contribution in [0.25, 0.3) is 0 Å². The summed E-state index contributed by atoms with van der Waals surface area (Å²) in [5, 5.41) is 9.02. The van der Waals surface area contributed by atoms with Gasteiger partial charge in [-0.05, 0) is 18.4 Å². The van der Waals surface area contributed by atoms with Crippen LogP contribution in [0.2, 0.25) is 0 Å². The number of nitrogens with zero attached hydrogens (tertiary/aromatic N) is 1. The monoisotopic (exact) mass is 237 g/mol. The maximum atomic E-state index is 12.4. The fourth-order valence-electron chi connectivity index (χ4n) is 2.07. The zero-order chi connectivity index (χ0) is 12.3. The first-order chi connectivity index (χ1) is 8.22. The van der Waals surface area contributed by atoms with E-state index in [-0.39, 0.29) is 17.6 Å². The summed E-state index contributed by atoms with van der Waals surface area (Å²) in [5.41, 5.74) is 0.804. The third-order valence-electron chi connectivity index (χ3n) is 3.01. The fraction of sp³-hybridized carbons (Fsp3) is 0.462. The molecule has 1 aromatic carbocycles. The molecular weight excluding hydrogens is 224 g/mol. The summed E-state index contributed by atoms with van der Waals surface area (Å²) < 4.78 is 30.4.